The Hall–Kier alpha value is -3.54. The van der Waals surface area contributed by atoms with Crippen molar-refractivity contribution < 1.29 is 19.4 Å². The molecule has 0 spiro atoms. The minimum atomic E-state index is -0.906. The van der Waals surface area contributed by atoms with Gasteiger partial charge in [0.05, 0.1) is 33.8 Å². The van der Waals surface area contributed by atoms with Gasteiger partial charge in [0.15, 0.2) is 10.1 Å². The number of amides is 1. The average Bonchev–Trinajstić information content (AvgIpc) is 3.63. The highest BCUT2D eigenvalue weighted by atomic mass is 32.2. The molecule has 1 N–H and O–H groups in total. The van der Waals surface area contributed by atoms with Crippen molar-refractivity contribution in [1.82, 2.24) is 15.2 Å². The van der Waals surface area contributed by atoms with Crippen LogP contribution in [0.5, 0.6) is 5.75 Å². The zero-order chi connectivity index (χ0) is 28.2. The lowest BCUT2D eigenvalue weighted by Gasteiger charge is -2.24. The van der Waals surface area contributed by atoms with Crippen molar-refractivity contribution >= 4 is 51.3 Å². The topological polar surface area (TPSA) is 106 Å². The number of ether oxygens (including phenoxy) is 1. The highest BCUT2D eigenvalue weighted by molar-refractivity contribution is 8.00. The van der Waals surface area contributed by atoms with Crippen LogP contribution in [0.25, 0.3) is 0 Å². The number of Topliss-reactive ketones (excluding diaryl/α,β-unsaturated/α-hetero) is 1. The van der Waals surface area contributed by atoms with Crippen molar-refractivity contribution in [3.8, 4) is 5.75 Å². The number of aryl methyl sites for hydroxylation is 2. The normalized spacial score (nSPS) is 15.2. The summed E-state index contributed by atoms with van der Waals surface area (Å²) in [6.07, 6.45) is 1.90. The van der Waals surface area contributed by atoms with Crippen molar-refractivity contribution in [2.45, 2.75) is 49.7 Å². The molecule has 1 atom stereocenters. The van der Waals surface area contributed by atoms with E-state index in [0.29, 0.717) is 43.7 Å². The fourth-order valence-electron chi connectivity index (χ4n) is 4.40. The van der Waals surface area contributed by atoms with Gasteiger partial charge in [-0.05, 0) is 43.5 Å². The predicted molar refractivity (Wildman–Crippen MR) is 159 cm³/mol. The lowest BCUT2D eigenvalue weighted by Crippen LogP contribution is -2.31. The summed E-state index contributed by atoms with van der Waals surface area (Å²) in [7, 11) is 0. The van der Waals surface area contributed by atoms with Crippen molar-refractivity contribution in [3.05, 3.63) is 92.6 Å². The fourth-order valence-corrected chi connectivity index (χ4v) is 7.10. The van der Waals surface area contributed by atoms with E-state index in [9.17, 15) is 14.7 Å². The number of nitrogens with zero attached hydrogens (tertiary/aromatic N) is 4. The van der Waals surface area contributed by atoms with Gasteiger partial charge in [-0.15, -0.1) is 21.5 Å². The van der Waals surface area contributed by atoms with Gasteiger partial charge in [0.25, 0.3) is 5.91 Å². The van der Waals surface area contributed by atoms with E-state index in [1.165, 1.54) is 39.3 Å². The van der Waals surface area contributed by atoms with Crippen LogP contribution in [-0.4, -0.2) is 38.6 Å². The van der Waals surface area contributed by atoms with Crippen LogP contribution in [0, 0.1) is 13.8 Å². The Morgan fingerprint density at radius 2 is 1.90 bits per heavy atom. The first-order valence-electron chi connectivity index (χ1n) is 12.9. The number of carbonyl (C=O) groups excluding carboxylic acids is 2. The molecule has 0 radical (unpaired) electrons. The molecular weight excluding hydrogens is 565 g/mol. The molecule has 1 amide bonds. The van der Waals surface area contributed by atoms with Crippen LogP contribution in [0.1, 0.15) is 57.3 Å². The minimum absolute atomic E-state index is 0.00357. The maximum atomic E-state index is 13.9. The minimum Gasteiger partial charge on any atom is -0.503 e. The summed E-state index contributed by atoms with van der Waals surface area (Å²) in [5.41, 5.74) is 2.32. The third kappa shape index (κ3) is 5.81. The standard InChI is InChI=1S/C29H28N4O4S3/c1-4-5-14-37-21-13-9-12-20(15-21)23-22(24(34)26-17(2)30-18(3)39-26)25(35)27(36)33(23)28-31-32-29(40-28)38-16-19-10-7-6-8-11-19/h6-13,15,23,35H,4-5,14,16H2,1-3H3. The van der Waals surface area contributed by atoms with E-state index in [1.807, 2.05) is 61.5 Å². The SMILES string of the molecule is CCCCOc1cccc(C2C(C(=O)c3sc(C)nc3C)=C(O)C(=O)N2c2nnc(SCc3ccccc3)s2)c1. The van der Waals surface area contributed by atoms with Gasteiger partial charge >= 0.3 is 0 Å². The van der Waals surface area contributed by atoms with Gasteiger partial charge in [0.2, 0.25) is 10.9 Å². The summed E-state index contributed by atoms with van der Waals surface area (Å²) in [4.78, 5) is 33.6. The second kappa shape index (κ2) is 12.3. The van der Waals surface area contributed by atoms with Gasteiger partial charge in [-0.25, -0.2) is 4.98 Å². The Labute approximate surface area is 244 Å². The predicted octanol–water partition coefficient (Wildman–Crippen LogP) is 6.87. The van der Waals surface area contributed by atoms with Crippen LogP contribution in [0.4, 0.5) is 5.13 Å². The van der Waals surface area contributed by atoms with E-state index in [1.54, 1.807) is 6.92 Å². The van der Waals surface area contributed by atoms with E-state index in [0.717, 1.165) is 23.4 Å². The van der Waals surface area contributed by atoms with E-state index < -0.39 is 23.5 Å². The van der Waals surface area contributed by atoms with E-state index >= 15 is 0 Å². The third-order valence-electron chi connectivity index (χ3n) is 6.31. The van der Waals surface area contributed by atoms with Crippen LogP contribution >= 0.6 is 34.4 Å². The van der Waals surface area contributed by atoms with Crippen LogP contribution in [0.15, 0.2) is 70.3 Å². The number of thiazole rings is 1. The molecule has 11 heteroatoms. The van der Waals surface area contributed by atoms with Gasteiger partial charge < -0.3 is 9.84 Å². The number of benzene rings is 2. The van der Waals surface area contributed by atoms with Crippen LogP contribution in [0.2, 0.25) is 0 Å². The van der Waals surface area contributed by atoms with E-state index in [2.05, 4.69) is 22.1 Å². The quantitative estimate of drug-likeness (QED) is 0.0871. The number of unbranched alkanes of at least 4 members (excludes halogenated alkanes) is 1. The summed E-state index contributed by atoms with van der Waals surface area (Å²) in [6, 6.07) is 16.4. The summed E-state index contributed by atoms with van der Waals surface area (Å²) in [5.74, 6) is -0.396. The molecule has 1 aliphatic rings. The molecule has 0 aliphatic carbocycles. The Morgan fingerprint density at radius 1 is 1.10 bits per heavy atom. The summed E-state index contributed by atoms with van der Waals surface area (Å²) in [6.45, 7) is 6.21. The fraction of sp³-hybridized carbons (Fsp3) is 0.276. The number of aliphatic hydroxyl groups excluding tert-OH is 1. The van der Waals surface area contributed by atoms with Crippen molar-refractivity contribution in [2.75, 3.05) is 11.5 Å². The Morgan fingerprint density at radius 3 is 2.62 bits per heavy atom. The zero-order valence-electron chi connectivity index (χ0n) is 22.3. The molecular formula is C29H28N4O4S3. The Balaban J connectivity index is 1.52. The molecule has 0 saturated heterocycles. The molecule has 40 heavy (non-hydrogen) atoms. The van der Waals surface area contributed by atoms with Crippen LogP contribution in [0.3, 0.4) is 0 Å². The number of hydrogen-bond donors (Lipinski definition) is 1. The largest absolute Gasteiger partial charge is 0.503 e. The number of ketones is 1. The maximum Gasteiger partial charge on any atom is 0.296 e. The first kappa shape index (κ1) is 28.0. The number of carbonyl (C=O) groups is 2. The molecule has 1 unspecified atom stereocenters. The highest BCUT2D eigenvalue weighted by Crippen LogP contribution is 2.45. The number of rotatable bonds is 11. The molecule has 1 aliphatic heterocycles. The van der Waals surface area contributed by atoms with Gasteiger partial charge in [-0.2, -0.15) is 0 Å². The average molecular weight is 593 g/mol. The highest BCUT2D eigenvalue weighted by Gasteiger charge is 2.46. The monoisotopic (exact) mass is 592 g/mol. The smallest absolute Gasteiger partial charge is 0.296 e. The lowest BCUT2D eigenvalue weighted by molar-refractivity contribution is -0.117. The second-order valence-electron chi connectivity index (χ2n) is 9.22. The van der Waals surface area contributed by atoms with Crippen LogP contribution in [-0.2, 0) is 10.5 Å². The van der Waals surface area contributed by atoms with Crippen molar-refractivity contribution in [1.29, 1.82) is 0 Å². The number of thioether (sulfide) groups is 1. The first-order valence-corrected chi connectivity index (χ1v) is 15.5. The van der Waals surface area contributed by atoms with Gasteiger partial charge in [0, 0.05) is 5.75 Å². The molecule has 5 rings (SSSR count). The molecule has 0 bridgehead atoms. The number of aliphatic hydroxyl groups is 1. The molecule has 0 fully saturated rings. The van der Waals surface area contributed by atoms with Crippen molar-refractivity contribution in [2.24, 2.45) is 0 Å². The second-order valence-corrected chi connectivity index (χ2v) is 12.6. The van der Waals surface area contributed by atoms with Gasteiger partial charge in [-0.1, -0.05) is 78.9 Å². The summed E-state index contributed by atoms with van der Waals surface area (Å²) >= 11 is 4.00. The summed E-state index contributed by atoms with van der Waals surface area (Å²) in [5, 5.41) is 20.8. The Bertz CT molecular complexity index is 1560. The number of anilines is 1. The molecule has 8 nitrogen and oxygen atoms in total. The Kier molecular flexibility index (Phi) is 8.63. The van der Waals surface area contributed by atoms with Crippen molar-refractivity contribution in [3.63, 3.8) is 0 Å². The molecule has 0 saturated carbocycles. The molecule has 2 aromatic carbocycles. The molecule has 4 aromatic rings. The van der Waals surface area contributed by atoms with E-state index in [-0.39, 0.29) is 5.57 Å². The lowest BCUT2D eigenvalue weighted by atomic mass is 9.95. The summed E-state index contributed by atoms with van der Waals surface area (Å²) < 4.78 is 6.59. The molecule has 2 aromatic heterocycles. The number of aromatic nitrogens is 3. The van der Waals surface area contributed by atoms with Gasteiger partial charge in [0.1, 0.15) is 5.75 Å². The van der Waals surface area contributed by atoms with E-state index in [4.69, 9.17) is 4.74 Å². The van der Waals surface area contributed by atoms with Crippen LogP contribution < -0.4 is 9.64 Å². The number of hydrogen-bond acceptors (Lipinski definition) is 10. The zero-order valence-corrected chi connectivity index (χ0v) is 24.7. The molecule has 3 heterocycles. The third-order valence-corrected chi connectivity index (χ3v) is 9.51. The molecule has 206 valence electrons. The maximum absolute atomic E-state index is 13.9. The first-order chi connectivity index (χ1) is 19.4. The van der Waals surface area contributed by atoms with Gasteiger partial charge in [-0.3, -0.25) is 14.5 Å².